The highest BCUT2D eigenvalue weighted by Gasteiger charge is 2.13. The second-order valence-corrected chi connectivity index (χ2v) is 8.08. The van der Waals surface area contributed by atoms with Crippen molar-refractivity contribution in [1.29, 1.82) is 0 Å². The average Bonchev–Trinajstić information content (AvgIpc) is 2.84. The molecule has 10 heteroatoms. The first kappa shape index (κ1) is 25.7. The number of halogens is 2. The van der Waals surface area contributed by atoms with Crippen LogP contribution in [-0.4, -0.2) is 30.5 Å². The van der Waals surface area contributed by atoms with Crippen LogP contribution in [0.15, 0.2) is 71.8 Å². The van der Waals surface area contributed by atoms with Crippen molar-refractivity contribution in [2.24, 2.45) is 5.10 Å². The largest absolute Gasteiger partial charge is 0.482 e. The third-order valence-electron chi connectivity index (χ3n) is 4.63. The summed E-state index contributed by atoms with van der Waals surface area (Å²) in [7, 11) is 0. The van der Waals surface area contributed by atoms with Gasteiger partial charge in [-0.3, -0.25) is 14.4 Å². The first-order chi connectivity index (χ1) is 16.8. The zero-order chi connectivity index (χ0) is 25.2. The Morgan fingerprint density at radius 3 is 2.37 bits per heavy atom. The Balaban J connectivity index is 1.47. The van der Waals surface area contributed by atoms with Gasteiger partial charge in [-0.25, -0.2) is 5.43 Å². The van der Waals surface area contributed by atoms with Gasteiger partial charge in [-0.2, -0.15) is 5.10 Å². The van der Waals surface area contributed by atoms with E-state index in [1.165, 1.54) is 17.8 Å². The molecule has 3 N–H and O–H groups in total. The lowest BCUT2D eigenvalue weighted by molar-refractivity contribution is -0.136. The third kappa shape index (κ3) is 8.13. The van der Waals surface area contributed by atoms with E-state index >= 15 is 0 Å². The lowest BCUT2D eigenvalue weighted by atomic mass is 10.1. The Bertz CT molecular complexity index is 1250. The predicted molar refractivity (Wildman–Crippen MR) is 137 cm³/mol. The Labute approximate surface area is 212 Å². The van der Waals surface area contributed by atoms with E-state index in [4.69, 9.17) is 27.9 Å². The van der Waals surface area contributed by atoms with Gasteiger partial charge in [0.2, 0.25) is 0 Å². The zero-order valence-corrected chi connectivity index (χ0v) is 20.2. The Morgan fingerprint density at radius 1 is 0.914 bits per heavy atom. The number of benzene rings is 3. The van der Waals surface area contributed by atoms with Gasteiger partial charge < -0.3 is 15.4 Å². The summed E-state index contributed by atoms with van der Waals surface area (Å²) in [6.07, 6.45) is 2.23. The highest BCUT2D eigenvalue weighted by molar-refractivity contribution is 6.39. The monoisotopic (exact) mass is 512 g/mol. The van der Waals surface area contributed by atoms with Crippen molar-refractivity contribution < 1.29 is 19.1 Å². The Kier molecular flexibility index (Phi) is 9.23. The number of nitrogens with zero attached hydrogens (tertiary/aromatic N) is 1. The molecule has 180 valence electrons. The SMILES string of the molecule is CCc1ccc(NC(=O)COc2ccc(/C=N\NC(=O)C(=O)Nc3cccc(Cl)c3)cc2Cl)cc1. The molecule has 0 radical (unpaired) electrons. The smallest absolute Gasteiger partial charge is 0.329 e. The van der Waals surface area contributed by atoms with Crippen molar-refractivity contribution in [3.63, 3.8) is 0 Å². The summed E-state index contributed by atoms with van der Waals surface area (Å²) in [4.78, 5) is 36.0. The number of anilines is 2. The van der Waals surface area contributed by atoms with Crippen LogP contribution in [0.3, 0.4) is 0 Å². The van der Waals surface area contributed by atoms with Crippen molar-refractivity contribution in [2.75, 3.05) is 17.2 Å². The normalized spacial score (nSPS) is 10.6. The minimum Gasteiger partial charge on any atom is -0.482 e. The highest BCUT2D eigenvalue weighted by atomic mass is 35.5. The number of rotatable bonds is 8. The predicted octanol–water partition coefficient (Wildman–Crippen LogP) is 4.66. The molecule has 0 aliphatic heterocycles. The number of ether oxygens (including phenoxy) is 1. The molecule has 3 aromatic carbocycles. The molecule has 3 amide bonds. The molecule has 0 aliphatic rings. The maximum Gasteiger partial charge on any atom is 0.329 e. The van der Waals surface area contributed by atoms with Crippen LogP contribution in [0.5, 0.6) is 5.75 Å². The van der Waals surface area contributed by atoms with E-state index < -0.39 is 11.8 Å². The fourth-order valence-electron chi connectivity index (χ4n) is 2.85. The number of amides is 3. The van der Waals surface area contributed by atoms with Gasteiger partial charge in [-0.15, -0.1) is 0 Å². The van der Waals surface area contributed by atoms with Crippen LogP contribution in [0.1, 0.15) is 18.1 Å². The summed E-state index contributed by atoms with van der Waals surface area (Å²) >= 11 is 12.1. The summed E-state index contributed by atoms with van der Waals surface area (Å²) in [5, 5.41) is 9.59. The number of hydrazone groups is 1. The molecule has 35 heavy (non-hydrogen) atoms. The second-order valence-electron chi connectivity index (χ2n) is 7.24. The molecule has 3 rings (SSSR count). The third-order valence-corrected chi connectivity index (χ3v) is 5.16. The van der Waals surface area contributed by atoms with E-state index in [9.17, 15) is 14.4 Å². The van der Waals surface area contributed by atoms with Crippen LogP contribution >= 0.6 is 23.2 Å². The Hall–Kier alpha value is -3.88. The van der Waals surface area contributed by atoms with Crippen LogP contribution in [0.25, 0.3) is 0 Å². The molecule has 0 fully saturated rings. The van der Waals surface area contributed by atoms with E-state index in [1.807, 2.05) is 24.3 Å². The quantitative estimate of drug-likeness (QED) is 0.231. The first-order valence-corrected chi connectivity index (χ1v) is 11.3. The van der Waals surface area contributed by atoms with Gasteiger partial charge in [0, 0.05) is 16.4 Å². The molecular weight excluding hydrogens is 491 g/mol. The molecule has 0 atom stereocenters. The van der Waals surface area contributed by atoms with Gasteiger partial charge in [-0.1, -0.05) is 48.3 Å². The average molecular weight is 513 g/mol. The number of carbonyl (C=O) groups is 3. The van der Waals surface area contributed by atoms with Crippen LogP contribution < -0.4 is 20.8 Å². The lowest BCUT2D eigenvalue weighted by Gasteiger charge is -2.09. The molecule has 0 spiro atoms. The summed E-state index contributed by atoms with van der Waals surface area (Å²) in [6, 6.07) is 18.7. The molecule has 8 nitrogen and oxygen atoms in total. The topological polar surface area (TPSA) is 109 Å². The standard InChI is InChI=1S/C25H22Cl2N4O4/c1-2-16-6-9-19(10-7-16)29-23(32)15-35-22-11-8-17(12-21(22)27)14-28-31-25(34)24(33)30-20-5-3-4-18(26)13-20/h3-14H,2,15H2,1H3,(H,29,32)(H,30,33)(H,31,34)/b28-14-. The van der Waals surface area contributed by atoms with Gasteiger partial charge >= 0.3 is 11.8 Å². The number of aryl methyl sites for hydroxylation is 1. The molecule has 0 aromatic heterocycles. The maximum atomic E-state index is 12.1. The van der Waals surface area contributed by atoms with E-state index in [-0.39, 0.29) is 17.5 Å². The summed E-state index contributed by atoms with van der Waals surface area (Å²) in [6.45, 7) is 1.83. The fraction of sp³-hybridized carbons (Fsp3) is 0.120. The van der Waals surface area contributed by atoms with Crippen LogP contribution in [0, 0.1) is 0 Å². The van der Waals surface area contributed by atoms with Gasteiger partial charge in [0.1, 0.15) is 5.75 Å². The van der Waals surface area contributed by atoms with Crippen molar-refractivity contribution in [3.8, 4) is 5.75 Å². The van der Waals surface area contributed by atoms with E-state index in [0.717, 1.165) is 6.42 Å². The zero-order valence-electron chi connectivity index (χ0n) is 18.7. The van der Waals surface area contributed by atoms with Gasteiger partial charge in [0.25, 0.3) is 5.91 Å². The fourth-order valence-corrected chi connectivity index (χ4v) is 3.28. The van der Waals surface area contributed by atoms with Crippen molar-refractivity contribution in [3.05, 3.63) is 87.9 Å². The molecule has 0 saturated heterocycles. The molecule has 0 aliphatic carbocycles. The van der Waals surface area contributed by atoms with E-state index in [0.29, 0.717) is 27.7 Å². The van der Waals surface area contributed by atoms with E-state index in [2.05, 4.69) is 28.1 Å². The number of nitrogens with one attached hydrogen (secondary N) is 3. The summed E-state index contributed by atoms with van der Waals surface area (Å²) in [5.74, 6) is -1.87. The lowest BCUT2D eigenvalue weighted by Crippen LogP contribution is -2.32. The Morgan fingerprint density at radius 2 is 1.69 bits per heavy atom. The maximum absolute atomic E-state index is 12.1. The van der Waals surface area contributed by atoms with Crippen LogP contribution in [0.4, 0.5) is 11.4 Å². The molecule has 3 aromatic rings. The van der Waals surface area contributed by atoms with Gasteiger partial charge in [0.15, 0.2) is 6.61 Å². The van der Waals surface area contributed by atoms with Gasteiger partial charge in [-0.05, 0) is 66.1 Å². The van der Waals surface area contributed by atoms with Crippen molar-refractivity contribution in [1.82, 2.24) is 5.43 Å². The molecule has 0 unspecified atom stereocenters. The molecule has 0 bridgehead atoms. The minimum absolute atomic E-state index is 0.222. The number of carbonyl (C=O) groups excluding carboxylic acids is 3. The van der Waals surface area contributed by atoms with Crippen LogP contribution in [0.2, 0.25) is 10.0 Å². The van der Waals surface area contributed by atoms with Crippen molar-refractivity contribution >= 4 is 58.5 Å². The summed E-state index contributed by atoms with van der Waals surface area (Å²) < 4.78 is 5.49. The van der Waals surface area contributed by atoms with E-state index in [1.54, 1.807) is 36.4 Å². The minimum atomic E-state index is -0.956. The molecule has 0 heterocycles. The number of hydrogen-bond donors (Lipinski definition) is 3. The number of hydrogen-bond acceptors (Lipinski definition) is 5. The van der Waals surface area contributed by atoms with Gasteiger partial charge in [0.05, 0.1) is 11.2 Å². The highest BCUT2D eigenvalue weighted by Crippen LogP contribution is 2.25. The molecular formula is C25H22Cl2N4O4. The summed E-state index contributed by atoms with van der Waals surface area (Å²) in [5.41, 5.74) is 4.90. The first-order valence-electron chi connectivity index (χ1n) is 10.5. The molecule has 0 saturated carbocycles. The van der Waals surface area contributed by atoms with Crippen molar-refractivity contribution in [2.45, 2.75) is 13.3 Å². The second kappa shape index (κ2) is 12.5. The van der Waals surface area contributed by atoms with Crippen LogP contribution in [-0.2, 0) is 20.8 Å².